The van der Waals surface area contributed by atoms with Crippen molar-refractivity contribution in [2.24, 2.45) is 5.73 Å². The van der Waals surface area contributed by atoms with E-state index in [0.717, 1.165) is 36.4 Å². The minimum Gasteiger partial charge on any atom is -0.484 e. The summed E-state index contributed by atoms with van der Waals surface area (Å²) >= 11 is 0. The molecular formula is C18H16F4N2O3. The van der Waals surface area contributed by atoms with Gasteiger partial charge in [-0.2, -0.15) is 13.2 Å². The monoisotopic (exact) mass is 384 g/mol. The number of alkyl halides is 3. The average molecular weight is 384 g/mol. The van der Waals surface area contributed by atoms with E-state index >= 15 is 0 Å². The molecule has 0 heterocycles. The van der Waals surface area contributed by atoms with E-state index in [9.17, 15) is 27.2 Å². The number of nitrogens with two attached hydrogens (primary N) is 1. The first-order valence-corrected chi connectivity index (χ1v) is 7.81. The molecule has 2 aromatic rings. The highest BCUT2D eigenvalue weighted by Crippen LogP contribution is 2.30. The number of ether oxygens (including phenoxy) is 1. The van der Waals surface area contributed by atoms with Crippen molar-refractivity contribution in [3.8, 4) is 5.75 Å². The topological polar surface area (TPSA) is 72.6 Å². The Morgan fingerprint density at radius 1 is 1.00 bits per heavy atom. The zero-order valence-electron chi connectivity index (χ0n) is 14.0. The van der Waals surface area contributed by atoms with Crippen LogP contribution in [-0.4, -0.2) is 25.0 Å². The van der Waals surface area contributed by atoms with Crippen molar-refractivity contribution in [2.45, 2.75) is 12.6 Å². The summed E-state index contributed by atoms with van der Waals surface area (Å²) in [4.78, 5) is 24.6. The lowest BCUT2D eigenvalue weighted by Gasteiger charge is -2.22. The van der Waals surface area contributed by atoms with Gasteiger partial charge < -0.3 is 15.4 Å². The minimum atomic E-state index is -4.47. The van der Waals surface area contributed by atoms with Gasteiger partial charge in [0.1, 0.15) is 11.6 Å². The molecule has 2 rings (SSSR count). The van der Waals surface area contributed by atoms with Crippen LogP contribution in [0, 0.1) is 5.82 Å². The lowest BCUT2D eigenvalue weighted by atomic mass is 10.2. The van der Waals surface area contributed by atoms with Crippen LogP contribution in [0.2, 0.25) is 0 Å². The molecule has 0 saturated carbocycles. The maximum absolute atomic E-state index is 13.1. The van der Waals surface area contributed by atoms with Crippen molar-refractivity contribution in [1.82, 2.24) is 0 Å². The van der Waals surface area contributed by atoms with Crippen LogP contribution in [0.4, 0.5) is 23.2 Å². The molecular weight excluding hydrogens is 368 g/mol. The molecule has 0 bridgehead atoms. The van der Waals surface area contributed by atoms with E-state index in [1.807, 2.05) is 0 Å². The van der Waals surface area contributed by atoms with Gasteiger partial charge in [0.05, 0.1) is 5.56 Å². The number of carbonyl (C=O) groups is 2. The third-order valence-electron chi connectivity index (χ3n) is 3.57. The Morgan fingerprint density at radius 3 is 2.11 bits per heavy atom. The number of rotatable bonds is 7. The lowest BCUT2D eigenvalue weighted by Crippen LogP contribution is -2.37. The molecule has 2 amide bonds. The number of benzene rings is 2. The highest BCUT2D eigenvalue weighted by Gasteiger charge is 2.30. The number of hydrogen-bond donors (Lipinski definition) is 1. The molecule has 0 aliphatic rings. The largest absolute Gasteiger partial charge is 0.484 e. The molecule has 0 radical (unpaired) electrons. The molecule has 0 aliphatic heterocycles. The molecule has 27 heavy (non-hydrogen) atoms. The van der Waals surface area contributed by atoms with Crippen LogP contribution in [0.3, 0.4) is 0 Å². The second kappa shape index (κ2) is 8.52. The first-order valence-electron chi connectivity index (χ1n) is 7.81. The predicted octanol–water partition coefficient (Wildman–Crippen LogP) is 3.13. The van der Waals surface area contributed by atoms with Gasteiger partial charge in [0, 0.05) is 18.7 Å². The van der Waals surface area contributed by atoms with E-state index in [-0.39, 0.29) is 18.7 Å². The molecule has 0 saturated heterocycles. The third kappa shape index (κ3) is 5.98. The molecule has 5 nitrogen and oxygen atoms in total. The highest BCUT2D eigenvalue weighted by atomic mass is 19.4. The number of halogens is 4. The Morgan fingerprint density at radius 2 is 1.59 bits per heavy atom. The van der Waals surface area contributed by atoms with Crippen LogP contribution in [0.15, 0.2) is 48.5 Å². The predicted molar refractivity (Wildman–Crippen MR) is 89.5 cm³/mol. The second-order valence-corrected chi connectivity index (χ2v) is 5.55. The molecule has 0 spiro atoms. The van der Waals surface area contributed by atoms with Gasteiger partial charge in [-0.3, -0.25) is 9.59 Å². The number of amides is 2. The van der Waals surface area contributed by atoms with Crippen molar-refractivity contribution in [2.75, 3.05) is 18.1 Å². The first-order chi connectivity index (χ1) is 12.7. The van der Waals surface area contributed by atoms with Crippen LogP contribution < -0.4 is 15.4 Å². The van der Waals surface area contributed by atoms with Gasteiger partial charge in [0.15, 0.2) is 6.61 Å². The van der Waals surface area contributed by atoms with Crippen molar-refractivity contribution in [3.05, 3.63) is 59.9 Å². The van der Waals surface area contributed by atoms with E-state index in [4.69, 9.17) is 10.5 Å². The summed E-state index contributed by atoms with van der Waals surface area (Å²) < 4.78 is 55.9. The SMILES string of the molecule is NC(=O)CCN(C(=O)COc1ccc(C(F)(F)F)cc1)c1ccc(F)cc1. The summed E-state index contributed by atoms with van der Waals surface area (Å²) in [5.41, 5.74) is 4.59. The van der Waals surface area contributed by atoms with Gasteiger partial charge in [-0.25, -0.2) is 4.39 Å². The lowest BCUT2D eigenvalue weighted by molar-refractivity contribution is -0.137. The zero-order valence-corrected chi connectivity index (χ0v) is 14.0. The maximum Gasteiger partial charge on any atom is 0.416 e. The fourth-order valence-corrected chi connectivity index (χ4v) is 2.20. The fraction of sp³-hybridized carbons (Fsp3) is 0.222. The Hall–Kier alpha value is -3.10. The molecule has 0 atom stereocenters. The maximum atomic E-state index is 13.1. The van der Waals surface area contributed by atoms with Crippen LogP contribution in [0.25, 0.3) is 0 Å². The van der Waals surface area contributed by atoms with Gasteiger partial charge in [0.25, 0.3) is 5.91 Å². The van der Waals surface area contributed by atoms with Gasteiger partial charge in [0.2, 0.25) is 5.91 Å². The van der Waals surface area contributed by atoms with Gasteiger partial charge in [-0.05, 0) is 48.5 Å². The standard InChI is InChI=1S/C18H16F4N2O3/c19-13-3-5-14(6-4-13)24(10-9-16(23)25)17(26)11-27-15-7-1-12(2-8-15)18(20,21)22/h1-8H,9-11H2,(H2,23,25). The Labute approximate surface area is 152 Å². The highest BCUT2D eigenvalue weighted by molar-refractivity contribution is 5.95. The number of hydrogen-bond acceptors (Lipinski definition) is 3. The van der Waals surface area contributed by atoms with Crippen molar-refractivity contribution < 1.29 is 31.9 Å². The zero-order chi connectivity index (χ0) is 20.0. The minimum absolute atomic E-state index is 0.0455. The molecule has 0 unspecified atom stereocenters. The smallest absolute Gasteiger partial charge is 0.416 e. The molecule has 2 N–H and O–H groups in total. The Bertz CT molecular complexity index is 790. The first kappa shape index (κ1) is 20.2. The summed E-state index contributed by atoms with van der Waals surface area (Å²) in [6, 6.07) is 8.88. The van der Waals surface area contributed by atoms with E-state index in [0.29, 0.717) is 5.69 Å². The fourth-order valence-electron chi connectivity index (χ4n) is 2.20. The summed E-state index contributed by atoms with van der Waals surface area (Å²) in [6.45, 7) is -0.530. The summed E-state index contributed by atoms with van der Waals surface area (Å²) in [5.74, 6) is -1.62. The van der Waals surface area contributed by atoms with E-state index < -0.39 is 36.0 Å². The van der Waals surface area contributed by atoms with Crippen LogP contribution in [0.5, 0.6) is 5.75 Å². The third-order valence-corrected chi connectivity index (χ3v) is 3.57. The van der Waals surface area contributed by atoms with Crippen LogP contribution in [-0.2, 0) is 15.8 Å². The molecule has 9 heteroatoms. The summed E-state index contributed by atoms with van der Waals surface area (Å²) in [7, 11) is 0. The molecule has 0 aliphatic carbocycles. The Balaban J connectivity index is 2.06. The summed E-state index contributed by atoms with van der Waals surface area (Å²) in [6.07, 6.45) is -4.59. The van der Waals surface area contributed by atoms with E-state index in [1.54, 1.807) is 0 Å². The second-order valence-electron chi connectivity index (χ2n) is 5.55. The van der Waals surface area contributed by atoms with Crippen LogP contribution in [0.1, 0.15) is 12.0 Å². The van der Waals surface area contributed by atoms with Crippen molar-refractivity contribution in [1.29, 1.82) is 0 Å². The number of primary amides is 1. The molecule has 2 aromatic carbocycles. The normalized spacial score (nSPS) is 11.1. The van der Waals surface area contributed by atoms with E-state index in [2.05, 4.69) is 0 Å². The molecule has 0 aromatic heterocycles. The van der Waals surface area contributed by atoms with Crippen LogP contribution >= 0.6 is 0 Å². The quantitative estimate of drug-likeness (QED) is 0.746. The molecule has 0 fully saturated rings. The van der Waals surface area contributed by atoms with Gasteiger partial charge >= 0.3 is 6.18 Å². The van der Waals surface area contributed by atoms with Gasteiger partial charge in [-0.15, -0.1) is 0 Å². The number of anilines is 1. The number of carbonyl (C=O) groups excluding carboxylic acids is 2. The van der Waals surface area contributed by atoms with E-state index in [1.165, 1.54) is 17.0 Å². The molecule has 144 valence electrons. The average Bonchev–Trinajstić information content (AvgIpc) is 2.61. The van der Waals surface area contributed by atoms with Gasteiger partial charge in [-0.1, -0.05) is 0 Å². The summed E-state index contributed by atoms with van der Waals surface area (Å²) in [5, 5.41) is 0. The van der Waals surface area contributed by atoms with Crippen molar-refractivity contribution in [3.63, 3.8) is 0 Å². The number of nitrogens with zero attached hydrogens (tertiary/aromatic N) is 1. The Kier molecular flexibility index (Phi) is 6.38. The van der Waals surface area contributed by atoms with Crippen molar-refractivity contribution >= 4 is 17.5 Å².